The smallest absolute Gasteiger partial charge is 0.663 e. The molecule has 0 N–H and O–H groups in total. The summed E-state index contributed by atoms with van der Waals surface area (Å²) in [4.78, 5) is 0. The van der Waals surface area contributed by atoms with Gasteiger partial charge in [-0.05, 0) is 0 Å². The second-order valence-corrected chi connectivity index (χ2v) is 7.51. The molecule has 176 valence electrons. The van der Waals surface area contributed by atoms with Crippen molar-refractivity contribution >= 4 is 0 Å². The van der Waals surface area contributed by atoms with Crippen LogP contribution in [0.25, 0.3) is 10.6 Å². The van der Waals surface area contributed by atoms with Crippen LogP contribution in [0.1, 0.15) is 89.5 Å². The maximum Gasteiger partial charge on any atom is 4.00 e. The van der Waals surface area contributed by atoms with Crippen LogP contribution in [0.5, 0.6) is 0 Å². The fraction of sp³-hybridized carbons (Fsp3) is 0.643. The van der Waals surface area contributed by atoms with Crippen molar-refractivity contribution < 1.29 is 26.2 Å². The molecule has 0 atom stereocenters. The van der Waals surface area contributed by atoms with Gasteiger partial charge in [0.2, 0.25) is 0 Å². The van der Waals surface area contributed by atoms with Crippen molar-refractivity contribution in [2.75, 3.05) is 26.2 Å². The molecular weight excluding hydrogens is 456 g/mol. The molecule has 0 aliphatic heterocycles. The van der Waals surface area contributed by atoms with Crippen molar-refractivity contribution in [3.05, 3.63) is 69.3 Å². The zero-order chi connectivity index (χ0) is 23.0. The number of aryl methyl sites for hydroxylation is 4. The third-order valence-corrected chi connectivity index (χ3v) is 4.48. The number of hydrogen-bond donors (Lipinski definition) is 0. The van der Waals surface area contributed by atoms with Crippen LogP contribution in [-0.2, 0) is 39.0 Å². The Morgan fingerprint density at radius 1 is 0.613 bits per heavy atom. The van der Waals surface area contributed by atoms with Gasteiger partial charge in [-0.3, -0.25) is 0 Å². The average Bonchev–Trinajstić information content (AvgIpc) is 3.35. The van der Waals surface area contributed by atoms with E-state index < -0.39 is 0 Å². The van der Waals surface area contributed by atoms with E-state index >= 15 is 0 Å². The summed E-state index contributed by atoms with van der Waals surface area (Å²) >= 11 is 0. The van der Waals surface area contributed by atoms with Gasteiger partial charge < -0.3 is 10.6 Å². The summed E-state index contributed by atoms with van der Waals surface area (Å²) in [6.45, 7) is 20.8. The first-order valence-corrected chi connectivity index (χ1v) is 12.2. The molecule has 0 saturated carbocycles. The van der Waals surface area contributed by atoms with E-state index in [-0.39, 0.29) is 26.2 Å². The van der Waals surface area contributed by atoms with Crippen molar-refractivity contribution in [1.82, 2.24) is 0 Å². The van der Waals surface area contributed by atoms with E-state index in [0.29, 0.717) is 0 Å². The van der Waals surface area contributed by atoms with Crippen molar-refractivity contribution in [3.63, 3.8) is 0 Å². The molecule has 2 rings (SSSR count). The van der Waals surface area contributed by atoms with Gasteiger partial charge in [-0.25, -0.2) is 23.3 Å². The van der Waals surface area contributed by atoms with Gasteiger partial charge in [0.05, 0.1) is 0 Å². The maximum absolute atomic E-state index is 3.97. The molecular formula is C28H50N2Zr. The number of unbranched alkanes of at least 4 members (excludes halogenated alkanes) is 2. The van der Waals surface area contributed by atoms with E-state index in [9.17, 15) is 0 Å². The molecule has 0 saturated heterocycles. The number of rotatable bonds is 10. The van der Waals surface area contributed by atoms with Crippen molar-refractivity contribution in [2.24, 2.45) is 0 Å². The zero-order valence-corrected chi connectivity index (χ0v) is 24.4. The van der Waals surface area contributed by atoms with Gasteiger partial charge in [0.1, 0.15) is 0 Å². The van der Waals surface area contributed by atoms with Gasteiger partial charge in [-0.15, -0.1) is 0 Å². The van der Waals surface area contributed by atoms with Gasteiger partial charge in [-0.1, -0.05) is 93.9 Å². The van der Waals surface area contributed by atoms with Crippen LogP contribution in [0, 0.1) is 13.8 Å². The molecule has 0 fully saturated rings. The molecule has 0 spiro atoms. The second kappa shape index (κ2) is 27.5. The summed E-state index contributed by atoms with van der Waals surface area (Å²) in [5.74, 6) is 0. The van der Waals surface area contributed by atoms with Gasteiger partial charge in [0, 0.05) is 0 Å². The number of hydrogen-bond acceptors (Lipinski definition) is 0. The van der Waals surface area contributed by atoms with Crippen LogP contribution in [0.3, 0.4) is 0 Å². The van der Waals surface area contributed by atoms with Gasteiger partial charge >= 0.3 is 26.2 Å². The van der Waals surface area contributed by atoms with Gasteiger partial charge in [-0.2, -0.15) is 61.6 Å². The van der Waals surface area contributed by atoms with Crippen molar-refractivity contribution in [2.45, 2.75) is 93.9 Å². The summed E-state index contributed by atoms with van der Waals surface area (Å²) < 4.78 is 0. The summed E-state index contributed by atoms with van der Waals surface area (Å²) in [5, 5.41) is 7.94. The van der Waals surface area contributed by atoms with Crippen LogP contribution in [0.4, 0.5) is 0 Å². The van der Waals surface area contributed by atoms with Crippen LogP contribution in [-0.4, -0.2) is 26.2 Å². The molecule has 0 heterocycles. The first-order chi connectivity index (χ1) is 14.5. The van der Waals surface area contributed by atoms with E-state index in [4.69, 9.17) is 0 Å². The molecule has 2 aromatic carbocycles. The van der Waals surface area contributed by atoms with E-state index in [2.05, 4.69) is 74.7 Å². The Kier molecular flexibility index (Phi) is 31.2. The Morgan fingerprint density at radius 2 is 0.935 bits per heavy atom. The van der Waals surface area contributed by atoms with Crippen LogP contribution in [0.15, 0.2) is 36.4 Å². The van der Waals surface area contributed by atoms with E-state index in [1.54, 1.807) is 0 Å². The molecule has 0 radical (unpaired) electrons. The van der Waals surface area contributed by atoms with Crippen molar-refractivity contribution in [1.29, 1.82) is 0 Å². The Balaban J connectivity index is -0.000000353. The minimum absolute atomic E-state index is 0. The predicted molar refractivity (Wildman–Crippen MR) is 140 cm³/mol. The Labute approximate surface area is 214 Å². The molecule has 3 heteroatoms. The fourth-order valence-corrected chi connectivity index (χ4v) is 2.77. The largest absolute Gasteiger partial charge is 4.00 e. The Bertz CT molecular complexity index is 503. The molecule has 0 unspecified atom stereocenters. The predicted octanol–water partition coefficient (Wildman–Crippen LogP) is 8.91. The van der Waals surface area contributed by atoms with Crippen LogP contribution in [0.2, 0.25) is 0 Å². The minimum Gasteiger partial charge on any atom is -0.663 e. The van der Waals surface area contributed by atoms with Gasteiger partial charge in [0.25, 0.3) is 0 Å². The quantitative estimate of drug-likeness (QED) is 0.288. The van der Waals surface area contributed by atoms with Crippen LogP contribution < -0.4 is 0 Å². The summed E-state index contributed by atoms with van der Waals surface area (Å²) in [6, 6.07) is 13.4. The zero-order valence-electron chi connectivity index (χ0n) is 21.9. The molecule has 0 aliphatic rings. The third-order valence-electron chi connectivity index (χ3n) is 4.48. The monoisotopic (exact) mass is 504 g/mol. The SMILES string of the molecule is CCCC[c-]1ccc(C)c1.CCCC[c-]1ccc(C)c1.CC[N-]CC.CC[N-]CC.[Zr+4]. The van der Waals surface area contributed by atoms with E-state index in [1.165, 1.54) is 60.8 Å². The first-order valence-electron chi connectivity index (χ1n) is 12.2. The standard InChI is InChI=1S/2C10H15.2C4H10N.Zr/c2*1-3-4-5-10-7-6-9(2)8-10;2*1-3-5-4-2;/h2*6-8H,3-5H2,1-2H3;2*3-4H2,1-2H3;/q4*-1;+4. The maximum atomic E-state index is 3.97. The molecule has 0 aromatic heterocycles. The topological polar surface area (TPSA) is 28.2 Å². The summed E-state index contributed by atoms with van der Waals surface area (Å²) in [5.41, 5.74) is 5.79. The van der Waals surface area contributed by atoms with E-state index in [0.717, 1.165) is 26.2 Å². The molecule has 0 bridgehead atoms. The van der Waals surface area contributed by atoms with Crippen LogP contribution >= 0.6 is 0 Å². The average molecular weight is 506 g/mol. The normalized spacial score (nSPS) is 9.29. The molecule has 31 heavy (non-hydrogen) atoms. The van der Waals surface area contributed by atoms with Gasteiger partial charge in [0.15, 0.2) is 0 Å². The number of nitrogens with zero attached hydrogens (tertiary/aromatic N) is 2. The van der Waals surface area contributed by atoms with E-state index in [1.807, 2.05) is 27.7 Å². The molecule has 0 aliphatic carbocycles. The molecule has 2 nitrogen and oxygen atoms in total. The molecule has 2 aromatic rings. The molecule has 0 amide bonds. The first kappa shape index (κ1) is 35.1. The second-order valence-electron chi connectivity index (χ2n) is 7.51. The summed E-state index contributed by atoms with van der Waals surface area (Å²) in [6.07, 6.45) is 7.75. The Hall–Kier alpha value is -0.497. The third kappa shape index (κ3) is 25.6. The summed E-state index contributed by atoms with van der Waals surface area (Å²) in [7, 11) is 0. The fourth-order valence-electron chi connectivity index (χ4n) is 2.77. The van der Waals surface area contributed by atoms with Crippen molar-refractivity contribution in [3.8, 4) is 0 Å². The Morgan fingerprint density at radius 3 is 1.10 bits per heavy atom. The minimum atomic E-state index is 0.